The third kappa shape index (κ3) is 2.07. The second-order valence-electron chi connectivity index (χ2n) is 2.69. The Kier molecular flexibility index (Phi) is 2.40. The summed E-state index contributed by atoms with van der Waals surface area (Å²) in [5.74, 6) is 0.953. The van der Waals surface area contributed by atoms with Crippen LogP contribution in [-0.2, 0) is 6.54 Å². The molecule has 0 amide bonds. The predicted octanol–water partition coefficient (Wildman–Crippen LogP) is 1.82. The molecule has 0 saturated heterocycles. The third-order valence-corrected chi connectivity index (χ3v) is 1.66. The van der Waals surface area contributed by atoms with Crippen molar-refractivity contribution in [2.24, 2.45) is 0 Å². The lowest BCUT2D eigenvalue weighted by Gasteiger charge is -2.01. The van der Waals surface area contributed by atoms with Gasteiger partial charge in [0, 0.05) is 6.07 Å². The molecule has 2 aromatic heterocycles. The standard InChI is InChI=1S/C9H8FN3O/c10-7-1-2-9(11-5-7)12-6-8-3-4-13-14-8/h1-5H,6H2,(H,11,12). The Hall–Kier alpha value is -1.91. The molecule has 0 aliphatic heterocycles. The molecule has 2 aromatic rings. The number of hydrogen-bond acceptors (Lipinski definition) is 4. The van der Waals surface area contributed by atoms with Gasteiger partial charge in [-0.15, -0.1) is 0 Å². The Morgan fingerprint density at radius 1 is 1.36 bits per heavy atom. The molecular formula is C9H8FN3O. The Morgan fingerprint density at radius 3 is 2.93 bits per heavy atom. The molecule has 0 fully saturated rings. The van der Waals surface area contributed by atoms with Gasteiger partial charge >= 0.3 is 0 Å². The minimum absolute atomic E-state index is 0.352. The van der Waals surface area contributed by atoms with E-state index in [1.165, 1.54) is 6.07 Å². The van der Waals surface area contributed by atoms with Gasteiger partial charge in [-0.05, 0) is 12.1 Å². The maximum atomic E-state index is 12.5. The summed E-state index contributed by atoms with van der Waals surface area (Å²) < 4.78 is 17.3. The van der Waals surface area contributed by atoms with Crippen LogP contribution in [0.15, 0.2) is 35.1 Å². The van der Waals surface area contributed by atoms with Crippen LogP contribution < -0.4 is 5.32 Å². The third-order valence-electron chi connectivity index (χ3n) is 1.66. The van der Waals surface area contributed by atoms with Crippen LogP contribution in [0.2, 0.25) is 0 Å². The van der Waals surface area contributed by atoms with E-state index in [-0.39, 0.29) is 5.82 Å². The topological polar surface area (TPSA) is 51.0 Å². The molecule has 14 heavy (non-hydrogen) atoms. The first-order valence-electron chi connectivity index (χ1n) is 4.09. The number of rotatable bonds is 3. The van der Waals surface area contributed by atoms with Gasteiger partial charge in [-0.3, -0.25) is 0 Å². The van der Waals surface area contributed by atoms with E-state index < -0.39 is 0 Å². The van der Waals surface area contributed by atoms with Gasteiger partial charge in [0.1, 0.15) is 11.6 Å². The fourth-order valence-corrected chi connectivity index (χ4v) is 0.991. The molecule has 0 saturated carbocycles. The fourth-order valence-electron chi connectivity index (χ4n) is 0.991. The van der Waals surface area contributed by atoms with Gasteiger partial charge in [0.05, 0.1) is 18.9 Å². The maximum absolute atomic E-state index is 12.5. The van der Waals surface area contributed by atoms with Crippen LogP contribution in [0.25, 0.3) is 0 Å². The molecule has 0 unspecified atom stereocenters. The van der Waals surface area contributed by atoms with Crippen molar-refractivity contribution in [1.82, 2.24) is 10.1 Å². The molecule has 0 bridgehead atoms. The van der Waals surface area contributed by atoms with Gasteiger partial charge in [-0.25, -0.2) is 9.37 Å². The molecule has 0 atom stereocenters. The average Bonchev–Trinajstić information content (AvgIpc) is 2.70. The first-order valence-corrected chi connectivity index (χ1v) is 4.09. The van der Waals surface area contributed by atoms with Gasteiger partial charge in [0.25, 0.3) is 0 Å². The zero-order chi connectivity index (χ0) is 9.80. The highest BCUT2D eigenvalue weighted by atomic mass is 19.1. The monoisotopic (exact) mass is 193 g/mol. The highest BCUT2D eigenvalue weighted by molar-refractivity contribution is 5.33. The van der Waals surface area contributed by atoms with Crippen LogP contribution in [0.1, 0.15) is 5.76 Å². The second-order valence-corrected chi connectivity index (χ2v) is 2.69. The summed E-state index contributed by atoms with van der Waals surface area (Å²) in [5, 5.41) is 6.52. The zero-order valence-electron chi connectivity index (χ0n) is 7.27. The lowest BCUT2D eigenvalue weighted by molar-refractivity contribution is 0.388. The lowest BCUT2D eigenvalue weighted by atomic mass is 10.4. The van der Waals surface area contributed by atoms with Gasteiger partial charge < -0.3 is 9.84 Å². The molecule has 0 aliphatic carbocycles. The molecule has 2 heterocycles. The van der Waals surface area contributed by atoms with Crippen molar-refractivity contribution in [3.05, 3.63) is 42.2 Å². The minimum atomic E-state index is -0.352. The molecule has 0 radical (unpaired) electrons. The summed E-state index contributed by atoms with van der Waals surface area (Å²) in [7, 11) is 0. The Bertz CT molecular complexity index is 385. The number of aromatic nitrogens is 2. The van der Waals surface area contributed by atoms with Crippen molar-refractivity contribution in [2.75, 3.05) is 5.32 Å². The maximum Gasteiger partial charge on any atom is 0.155 e. The van der Waals surface area contributed by atoms with E-state index in [2.05, 4.69) is 15.5 Å². The first kappa shape index (κ1) is 8.68. The van der Waals surface area contributed by atoms with E-state index in [0.717, 1.165) is 6.20 Å². The van der Waals surface area contributed by atoms with Crippen molar-refractivity contribution < 1.29 is 8.91 Å². The number of hydrogen-bond donors (Lipinski definition) is 1. The molecular weight excluding hydrogens is 185 g/mol. The van der Waals surface area contributed by atoms with Crippen molar-refractivity contribution in [3.8, 4) is 0 Å². The van der Waals surface area contributed by atoms with E-state index in [1.807, 2.05) is 0 Å². The Labute approximate surface area is 79.8 Å². The van der Waals surface area contributed by atoms with Gasteiger partial charge in [-0.2, -0.15) is 0 Å². The van der Waals surface area contributed by atoms with Crippen LogP contribution in [0.3, 0.4) is 0 Å². The number of nitrogens with zero attached hydrogens (tertiary/aromatic N) is 2. The summed E-state index contributed by atoms with van der Waals surface area (Å²) in [6.45, 7) is 0.485. The van der Waals surface area contributed by atoms with Crippen LogP contribution in [0.5, 0.6) is 0 Å². The van der Waals surface area contributed by atoms with Gasteiger partial charge in [-0.1, -0.05) is 5.16 Å². The van der Waals surface area contributed by atoms with E-state index >= 15 is 0 Å². The van der Waals surface area contributed by atoms with E-state index in [9.17, 15) is 4.39 Å². The molecule has 0 aliphatic rings. The number of nitrogens with one attached hydrogen (secondary N) is 1. The van der Waals surface area contributed by atoms with Crippen LogP contribution in [0, 0.1) is 5.82 Å². The number of halogens is 1. The normalized spacial score (nSPS) is 10.1. The molecule has 0 spiro atoms. The van der Waals surface area contributed by atoms with Crippen LogP contribution >= 0.6 is 0 Å². The molecule has 2 rings (SSSR count). The van der Waals surface area contributed by atoms with Crippen LogP contribution in [-0.4, -0.2) is 10.1 Å². The molecule has 5 heteroatoms. The summed E-state index contributed by atoms with van der Waals surface area (Å²) in [4.78, 5) is 3.83. The van der Waals surface area contributed by atoms with Crippen molar-refractivity contribution in [3.63, 3.8) is 0 Å². The number of pyridine rings is 1. The Balaban J connectivity index is 1.95. The SMILES string of the molecule is Fc1ccc(NCc2ccno2)nc1. The molecule has 1 N–H and O–H groups in total. The molecule has 72 valence electrons. The highest BCUT2D eigenvalue weighted by Gasteiger charge is 1.97. The van der Waals surface area contributed by atoms with E-state index in [0.29, 0.717) is 18.1 Å². The molecule has 4 nitrogen and oxygen atoms in total. The van der Waals surface area contributed by atoms with Crippen molar-refractivity contribution >= 4 is 5.82 Å². The van der Waals surface area contributed by atoms with E-state index in [4.69, 9.17) is 4.52 Å². The van der Waals surface area contributed by atoms with Crippen molar-refractivity contribution in [2.45, 2.75) is 6.54 Å². The van der Waals surface area contributed by atoms with Gasteiger partial charge in [0.15, 0.2) is 5.76 Å². The summed E-state index contributed by atoms with van der Waals surface area (Å²) >= 11 is 0. The minimum Gasteiger partial charge on any atom is -0.363 e. The highest BCUT2D eigenvalue weighted by Crippen LogP contribution is 2.05. The second kappa shape index (κ2) is 3.87. The van der Waals surface area contributed by atoms with Crippen molar-refractivity contribution in [1.29, 1.82) is 0 Å². The first-order chi connectivity index (χ1) is 6.84. The zero-order valence-corrected chi connectivity index (χ0v) is 7.27. The van der Waals surface area contributed by atoms with E-state index in [1.54, 1.807) is 18.3 Å². The summed E-state index contributed by atoms with van der Waals surface area (Å²) in [5.41, 5.74) is 0. The fraction of sp³-hybridized carbons (Fsp3) is 0.111. The predicted molar refractivity (Wildman–Crippen MR) is 48.0 cm³/mol. The largest absolute Gasteiger partial charge is 0.363 e. The average molecular weight is 193 g/mol. The summed E-state index contributed by atoms with van der Waals surface area (Å²) in [6, 6.07) is 4.65. The molecule has 0 aromatic carbocycles. The Morgan fingerprint density at radius 2 is 2.29 bits per heavy atom. The van der Waals surface area contributed by atoms with Gasteiger partial charge in [0.2, 0.25) is 0 Å². The quantitative estimate of drug-likeness (QED) is 0.807. The smallest absolute Gasteiger partial charge is 0.155 e. The van der Waals surface area contributed by atoms with Crippen LogP contribution in [0.4, 0.5) is 10.2 Å². The summed E-state index contributed by atoms with van der Waals surface area (Å²) in [6.07, 6.45) is 2.72. The lowest BCUT2D eigenvalue weighted by Crippen LogP contribution is -1.99. The number of anilines is 1.